The Morgan fingerprint density at radius 1 is 1.52 bits per heavy atom. The molecule has 0 saturated heterocycles. The first-order chi connectivity index (χ1) is 9.95. The van der Waals surface area contributed by atoms with E-state index in [1.807, 2.05) is 0 Å². The van der Waals surface area contributed by atoms with Crippen molar-refractivity contribution in [1.82, 2.24) is 5.32 Å². The number of methoxy groups -OCH3 is 1. The monoisotopic (exact) mass is 298 g/mol. The summed E-state index contributed by atoms with van der Waals surface area (Å²) < 4.78 is 10.0. The van der Waals surface area contributed by atoms with Gasteiger partial charge in [-0.25, -0.2) is 4.79 Å². The van der Waals surface area contributed by atoms with Crippen LogP contribution >= 0.6 is 0 Å². The highest BCUT2D eigenvalue weighted by atomic mass is 16.6. The summed E-state index contributed by atoms with van der Waals surface area (Å²) in [6.07, 6.45) is -1.17. The van der Waals surface area contributed by atoms with E-state index in [2.05, 4.69) is 5.32 Å². The minimum atomic E-state index is -1.19. The lowest BCUT2D eigenvalue weighted by molar-refractivity contribution is -0.386. The predicted octanol–water partition coefficient (Wildman–Crippen LogP) is 1.18. The maximum Gasteiger partial charge on any atom is 0.344 e. The van der Waals surface area contributed by atoms with E-state index in [4.69, 9.17) is 14.6 Å². The molecule has 0 spiro atoms. The molecule has 8 heteroatoms. The molecule has 0 radical (unpaired) electrons. The second-order valence-corrected chi connectivity index (χ2v) is 4.33. The average molecular weight is 298 g/mol. The molecule has 0 aromatic heterocycles. The first-order valence-electron chi connectivity index (χ1n) is 6.32. The Morgan fingerprint density at radius 2 is 2.24 bits per heavy atom. The van der Waals surface area contributed by atoms with Crippen LogP contribution in [-0.4, -0.2) is 42.4 Å². The minimum absolute atomic E-state index is 0.0547. The zero-order valence-electron chi connectivity index (χ0n) is 11.9. The summed E-state index contributed by atoms with van der Waals surface area (Å²) in [5.41, 5.74) is 0.494. The molecule has 21 heavy (non-hydrogen) atoms. The highest BCUT2D eigenvalue weighted by Gasteiger charge is 2.20. The molecular weight excluding hydrogens is 280 g/mol. The van der Waals surface area contributed by atoms with E-state index in [9.17, 15) is 14.9 Å². The van der Waals surface area contributed by atoms with Gasteiger partial charge >= 0.3 is 11.7 Å². The lowest BCUT2D eigenvalue weighted by Gasteiger charge is -2.12. The number of nitro groups is 1. The maximum absolute atomic E-state index is 10.9. The van der Waals surface area contributed by atoms with Crippen molar-refractivity contribution in [2.24, 2.45) is 0 Å². The van der Waals surface area contributed by atoms with Crippen molar-refractivity contribution in [2.75, 3.05) is 20.3 Å². The average Bonchev–Trinajstić information content (AvgIpc) is 2.43. The lowest BCUT2D eigenvalue weighted by Crippen LogP contribution is -2.23. The molecule has 1 atom stereocenters. The smallest absolute Gasteiger partial charge is 0.344 e. The highest BCUT2D eigenvalue weighted by Crippen LogP contribution is 2.29. The lowest BCUT2D eigenvalue weighted by atomic mass is 10.2. The van der Waals surface area contributed by atoms with Crippen LogP contribution in [0, 0.1) is 10.1 Å². The van der Waals surface area contributed by atoms with Crippen molar-refractivity contribution in [1.29, 1.82) is 0 Å². The third-order valence-corrected chi connectivity index (χ3v) is 2.68. The fraction of sp³-hybridized carbons (Fsp3) is 0.462. The molecule has 1 aromatic carbocycles. The second kappa shape index (κ2) is 8.18. The third kappa shape index (κ3) is 5.36. The number of rotatable bonds is 9. The molecule has 0 bridgehead atoms. The van der Waals surface area contributed by atoms with Crippen LogP contribution in [-0.2, 0) is 16.1 Å². The number of nitro benzene ring substituents is 1. The van der Waals surface area contributed by atoms with E-state index in [1.54, 1.807) is 13.2 Å². The highest BCUT2D eigenvalue weighted by molar-refractivity contribution is 5.72. The number of hydrogen-bond acceptors (Lipinski definition) is 6. The molecule has 1 rings (SSSR count). The molecule has 1 aromatic rings. The summed E-state index contributed by atoms with van der Waals surface area (Å²) in [4.78, 5) is 21.1. The fourth-order valence-corrected chi connectivity index (χ4v) is 1.56. The molecule has 0 fully saturated rings. The van der Waals surface area contributed by atoms with Crippen molar-refractivity contribution < 1.29 is 24.3 Å². The molecule has 0 aliphatic carbocycles. The van der Waals surface area contributed by atoms with Gasteiger partial charge in [0.15, 0.2) is 11.9 Å². The molecule has 0 aliphatic rings. The number of benzene rings is 1. The SMILES string of the molecule is COCCNCc1ccc([N+](=O)[O-])c(OC(C)C(=O)O)c1. The molecule has 0 aliphatic heterocycles. The predicted molar refractivity (Wildman–Crippen MR) is 74.4 cm³/mol. The van der Waals surface area contributed by atoms with E-state index in [1.165, 1.54) is 19.1 Å². The van der Waals surface area contributed by atoms with Crippen LogP contribution in [0.3, 0.4) is 0 Å². The Labute approximate surface area is 121 Å². The van der Waals surface area contributed by atoms with Crippen LogP contribution < -0.4 is 10.1 Å². The van der Waals surface area contributed by atoms with Gasteiger partial charge in [0.2, 0.25) is 0 Å². The van der Waals surface area contributed by atoms with Crippen LogP contribution in [0.4, 0.5) is 5.69 Å². The third-order valence-electron chi connectivity index (χ3n) is 2.68. The van der Waals surface area contributed by atoms with E-state index < -0.39 is 17.0 Å². The first kappa shape index (κ1) is 16.9. The van der Waals surface area contributed by atoms with E-state index >= 15 is 0 Å². The Bertz CT molecular complexity index is 505. The van der Waals surface area contributed by atoms with Crippen molar-refractivity contribution >= 4 is 11.7 Å². The summed E-state index contributed by atoms with van der Waals surface area (Å²) in [6.45, 7) is 2.97. The van der Waals surface area contributed by atoms with Crippen LogP contribution in [0.1, 0.15) is 12.5 Å². The number of hydrogen-bond donors (Lipinski definition) is 2. The zero-order chi connectivity index (χ0) is 15.8. The maximum atomic E-state index is 10.9. The number of ether oxygens (including phenoxy) is 2. The van der Waals surface area contributed by atoms with Crippen molar-refractivity contribution in [3.63, 3.8) is 0 Å². The summed E-state index contributed by atoms with van der Waals surface area (Å²) in [5.74, 6) is -1.24. The number of aliphatic carboxylic acids is 1. The minimum Gasteiger partial charge on any atom is -0.479 e. The Morgan fingerprint density at radius 3 is 2.81 bits per heavy atom. The van der Waals surface area contributed by atoms with Gasteiger partial charge in [-0.3, -0.25) is 10.1 Å². The van der Waals surface area contributed by atoms with Crippen molar-refractivity contribution in [2.45, 2.75) is 19.6 Å². The van der Waals surface area contributed by atoms with E-state index in [0.29, 0.717) is 19.7 Å². The summed E-state index contributed by atoms with van der Waals surface area (Å²) >= 11 is 0. The van der Waals surface area contributed by atoms with Gasteiger partial charge in [-0.15, -0.1) is 0 Å². The standard InChI is InChI=1S/C13H18N2O6/c1-9(13(16)17)21-12-7-10(8-14-5-6-20-2)3-4-11(12)15(18)19/h3-4,7,9,14H,5-6,8H2,1-2H3,(H,16,17). The number of carboxylic acids is 1. The molecule has 8 nitrogen and oxygen atoms in total. The van der Waals surface area contributed by atoms with Crippen LogP contribution in [0.5, 0.6) is 5.75 Å². The summed E-state index contributed by atoms with van der Waals surface area (Å²) in [5, 5.41) is 22.8. The fourth-order valence-electron chi connectivity index (χ4n) is 1.56. The molecule has 116 valence electrons. The largest absolute Gasteiger partial charge is 0.479 e. The Hall–Kier alpha value is -2.19. The van der Waals surface area contributed by atoms with Gasteiger partial charge in [-0.2, -0.15) is 0 Å². The summed E-state index contributed by atoms with van der Waals surface area (Å²) in [7, 11) is 1.59. The van der Waals surface area contributed by atoms with Crippen molar-refractivity contribution in [3.8, 4) is 5.75 Å². The molecule has 0 amide bonds. The molecule has 0 saturated carbocycles. The molecular formula is C13H18N2O6. The van der Waals surface area contributed by atoms with Gasteiger partial charge in [0.1, 0.15) is 0 Å². The molecule has 2 N–H and O–H groups in total. The van der Waals surface area contributed by atoms with Crippen LogP contribution in [0.15, 0.2) is 18.2 Å². The Kier molecular flexibility index (Phi) is 6.57. The quantitative estimate of drug-likeness (QED) is 0.400. The zero-order valence-corrected chi connectivity index (χ0v) is 11.9. The molecule has 0 heterocycles. The van der Waals surface area contributed by atoms with Crippen molar-refractivity contribution in [3.05, 3.63) is 33.9 Å². The van der Waals surface area contributed by atoms with Gasteiger partial charge in [0, 0.05) is 26.3 Å². The normalized spacial score (nSPS) is 11.9. The van der Waals surface area contributed by atoms with Gasteiger partial charge in [-0.05, 0) is 18.6 Å². The number of nitrogens with one attached hydrogen (secondary N) is 1. The van der Waals surface area contributed by atoms with Crippen LogP contribution in [0.25, 0.3) is 0 Å². The van der Waals surface area contributed by atoms with Gasteiger partial charge in [0.25, 0.3) is 0 Å². The first-order valence-corrected chi connectivity index (χ1v) is 6.32. The van der Waals surface area contributed by atoms with Gasteiger partial charge < -0.3 is 19.9 Å². The number of carbonyl (C=O) groups is 1. The molecule has 1 unspecified atom stereocenters. The van der Waals surface area contributed by atoms with E-state index in [0.717, 1.165) is 5.56 Å². The summed E-state index contributed by atoms with van der Waals surface area (Å²) in [6, 6.07) is 4.37. The topological polar surface area (TPSA) is 111 Å². The van der Waals surface area contributed by atoms with E-state index in [-0.39, 0.29) is 11.4 Å². The van der Waals surface area contributed by atoms with Gasteiger partial charge in [-0.1, -0.05) is 6.07 Å². The van der Waals surface area contributed by atoms with Crippen LogP contribution in [0.2, 0.25) is 0 Å². The Balaban J connectivity index is 2.85. The van der Waals surface area contributed by atoms with Gasteiger partial charge in [0.05, 0.1) is 11.5 Å². The second-order valence-electron chi connectivity index (χ2n) is 4.33. The number of nitrogens with zero attached hydrogens (tertiary/aromatic N) is 1. The number of carboxylic acid groups (broad SMARTS) is 1.